The molecule has 2 N–H and O–H groups in total. The van der Waals surface area contributed by atoms with E-state index in [9.17, 15) is 4.79 Å². The molecule has 112 valence electrons. The maximum Gasteiger partial charge on any atom is 0.270 e. The number of hydrogen-bond donors (Lipinski definition) is 1. The molecule has 2 rings (SSSR count). The molecule has 0 bridgehead atoms. The summed E-state index contributed by atoms with van der Waals surface area (Å²) in [6.45, 7) is 5.84. The molecule has 2 heterocycles. The van der Waals surface area contributed by atoms with E-state index in [4.69, 9.17) is 10.5 Å². The third-order valence-corrected chi connectivity index (χ3v) is 3.82. The number of aromatic nitrogens is 1. The van der Waals surface area contributed by atoms with E-state index in [1.807, 2.05) is 34.7 Å². The summed E-state index contributed by atoms with van der Waals surface area (Å²) >= 11 is 0. The molecule has 0 saturated carbocycles. The standard InChI is InChI=1S/C15H25N3O2/c1-2-17-9-3-5-14(17)15(19)18-10-6-13(7-11-18)20-12-4-8-16/h3,5,9,13H,2,4,6-8,10-12,16H2,1H3. The number of ether oxygens (including phenoxy) is 1. The number of piperidine rings is 1. The minimum Gasteiger partial charge on any atom is -0.378 e. The van der Waals surface area contributed by atoms with Crippen LogP contribution in [0.1, 0.15) is 36.7 Å². The van der Waals surface area contributed by atoms with E-state index in [0.717, 1.165) is 51.2 Å². The van der Waals surface area contributed by atoms with Crippen molar-refractivity contribution in [2.24, 2.45) is 5.73 Å². The number of likely N-dealkylation sites (tertiary alicyclic amines) is 1. The van der Waals surface area contributed by atoms with Gasteiger partial charge in [0.25, 0.3) is 5.91 Å². The molecule has 1 aromatic heterocycles. The van der Waals surface area contributed by atoms with Crippen LogP contribution in [0.3, 0.4) is 0 Å². The van der Waals surface area contributed by atoms with E-state index < -0.39 is 0 Å². The van der Waals surface area contributed by atoms with Gasteiger partial charge in [-0.2, -0.15) is 0 Å². The monoisotopic (exact) mass is 279 g/mol. The molecule has 0 radical (unpaired) electrons. The maximum absolute atomic E-state index is 12.5. The van der Waals surface area contributed by atoms with Crippen molar-refractivity contribution in [1.82, 2.24) is 9.47 Å². The van der Waals surface area contributed by atoms with Gasteiger partial charge in [-0.15, -0.1) is 0 Å². The number of rotatable bonds is 6. The molecule has 1 saturated heterocycles. The lowest BCUT2D eigenvalue weighted by Crippen LogP contribution is -2.41. The van der Waals surface area contributed by atoms with Crippen molar-refractivity contribution >= 4 is 5.91 Å². The fraction of sp³-hybridized carbons (Fsp3) is 0.667. The molecule has 0 spiro atoms. The summed E-state index contributed by atoms with van der Waals surface area (Å²) in [6.07, 6.45) is 4.98. The van der Waals surface area contributed by atoms with Crippen LogP contribution < -0.4 is 5.73 Å². The second-order valence-corrected chi connectivity index (χ2v) is 5.18. The van der Waals surface area contributed by atoms with E-state index in [1.54, 1.807) is 0 Å². The van der Waals surface area contributed by atoms with Crippen LogP contribution in [0.4, 0.5) is 0 Å². The molecule has 0 atom stereocenters. The van der Waals surface area contributed by atoms with Gasteiger partial charge >= 0.3 is 0 Å². The first-order valence-corrected chi connectivity index (χ1v) is 7.52. The Morgan fingerprint density at radius 2 is 2.20 bits per heavy atom. The number of nitrogens with two attached hydrogens (primary N) is 1. The molecule has 5 heteroatoms. The molecule has 5 nitrogen and oxygen atoms in total. The number of aryl methyl sites for hydroxylation is 1. The summed E-state index contributed by atoms with van der Waals surface area (Å²) in [4.78, 5) is 14.4. The summed E-state index contributed by atoms with van der Waals surface area (Å²) in [5.74, 6) is 0.136. The molecule has 1 amide bonds. The van der Waals surface area contributed by atoms with E-state index in [2.05, 4.69) is 0 Å². The molecule has 1 aromatic rings. The number of hydrogen-bond acceptors (Lipinski definition) is 3. The number of nitrogens with zero attached hydrogens (tertiary/aromatic N) is 2. The molecular weight excluding hydrogens is 254 g/mol. The lowest BCUT2D eigenvalue weighted by atomic mass is 10.1. The molecule has 1 aliphatic rings. The highest BCUT2D eigenvalue weighted by Crippen LogP contribution is 2.17. The Labute approximate surface area is 120 Å². The topological polar surface area (TPSA) is 60.5 Å². The summed E-state index contributed by atoms with van der Waals surface area (Å²) in [5, 5.41) is 0. The van der Waals surface area contributed by atoms with Crippen LogP contribution in [0.2, 0.25) is 0 Å². The largest absolute Gasteiger partial charge is 0.378 e. The Kier molecular flexibility index (Phi) is 5.61. The third-order valence-electron chi connectivity index (χ3n) is 3.82. The number of amides is 1. The minimum atomic E-state index is 0.136. The quantitative estimate of drug-likeness (QED) is 0.802. The summed E-state index contributed by atoms with van der Waals surface area (Å²) in [7, 11) is 0. The molecule has 1 aliphatic heterocycles. The zero-order valence-corrected chi connectivity index (χ0v) is 12.3. The second kappa shape index (κ2) is 7.45. The van der Waals surface area contributed by atoms with Gasteiger partial charge < -0.3 is 19.9 Å². The first-order valence-electron chi connectivity index (χ1n) is 7.52. The smallest absolute Gasteiger partial charge is 0.270 e. The predicted molar refractivity (Wildman–Crippen MR) is 78.7 cm³/mol. The van der Waals surface area contributed by atoms with Crippen LogP contribution in [-0.2, 0) is 11.3 Å². The highest BCUT2D eigenvalue weighted by Gasteiger charge is 2.25. The van der Waals surface area contributed by atoms with Gasteiger partial charge in [-0.1, -0.05) is 0 Å². The lowest BCUT2D eigenvalue weighted by Gasteiger charge is -2.32. The first kappa shape index (κ1) is 15.1. The highest BCUT2D eigenvalue weighted by molar-refractivity contribution is 5.92. The maximum atomic E-state index is 12.5. The SMILES string of the molecule is CCn1cccc1C(=O)N1CCC(OCCCN)CC1. The molecule has 1 fully saturated rings. The molecule has 0 aromatic carbocycles. The van der Waals surface area contributed by atoms with Crippen LogP contribution in [0.5, 0.6) is 0 Å². The summed E-state index contributed by atoms with van der Waals surface area (Å²) < 4.78 is 7.76. The van der Waals surface area contributed by atoms with E-state index in [0.29, 0.717) is 6.54 Å². The average Bonchev–Trinajstić information content (AvgIpc) is 2.96. The molecule has 0 unspecified atom stereocenters. The van der Waals surface area contributed by atoms with Crippen LogP contribution in [0.25, 0.3) is 0 Å². The van der Waals surface area contributed by atoms with Crippen molar-refractivity contribution in [2.75, 3.05) is 26.2 Å². The number of carbonyl (C=O) groups excluding carboxylic acids is 1. The molecular formula is C15H25N3O2. The zero-order chi connectivity index (χ0) is 14.4. The van der Waals surface area contributed by atoms with Crippen molar-refractivity contribution < 1.29 is 9.53 Å². The Morgan fingerprint density at radius 1 is 1.45 bits per heavy atom. The van der Waals surface area contributed by atoms with Crippen LogP contribution in [-0.4, -0.2) is 47.7 Å². The van der Waals surface area contributed by atoms with Gasteiger partial charge in [0.2, 0.25) is 0 Å². The van der Waals surface area contributed by atoms with E-state index in [-0.39, 0.29) is 12.0 Å². The minimum absolute atomic E-state index is 0.136. The van der Waals surface area contributed by atoms with Crippen molar-refractivity contribution in [2.45, 2.75) is 38.8 Å². The Bertz CT molecular complexity index is 423. The fourth-order valence-electron chi connectivity index (χ4n) is 2.60. The van der Waals surface area contributed by atoms with Gasteiger partial charge in [0, 0.05) is 32.4 Å². The molecule has 20 heavy (non-hydrogen) atoms. The van der Waals surface area contributed by atoms with Crippen molar-refractivity contribution in [1.29, 1.82) is 0 Å². The summed E-state index contributed by atoms with van der Waals surface area (Å²) in [5.41, 5.74) is 6.24. The van der Waals surface area contributed by atoms with Crippen LogP contribution in [0, 0.1) is 0 Å². The Morgan fingerprint density at radius 3 is 2.85 bits per heavy atom. The van der Waals surface area contributed by atoms with Gasteiger partial charge in [-0.05, 0) is 44.9 Å². The van der Waals surface area contributed by atoms with Gasteiger partial charge in [-0.25, -0.2) is 0 Å². The van der Waals surface area contributed by atoms with Gasteiger partial charge in [-0.3, -0.25) is 4.79 Å². The third kappa shape index (κ3) is 3.61. The average molecular weight is 279 g/mol. The van der Waals surface area contributed by atoms with Crippen molar-refractivity contribution in [3.05, 3.63) is 24.0 Å². The van der Waals surface area contributed by atoms with Gasteiger partial charge in [0.1, 0.15) is 5.69 Å². The van der Waals surface area contributed by atoms with Crippen LogP contribution in [0.15, 0.2) is 18.3 Å². The van der Waals surface area contributed by atoms with Crippen molar-refractivity contribution in [3.63, 3.8) is 0 Å². The van der Waals surface area contributed by atoms with E-state index in [1.165, 1.54) is 0 Å². The Hall–Kier alpha value is -1.33. The zero-order valence-electron chi connectivity index (χ0n) is 12.3. The van der Waals surface area contributed by atoms with Gasteiger partial charge in [0.15, 0.2) is 0 Å². The number of carbonyl (C=O) groups is 1. The predicted octanol–water partition coefficient (Wildman–Crippen LogP) is 1.48. The van der Waals surface area contributed by atoms with Crippen LogP contribution >= 0.6 is 0 Å². The van der Waals surface area contributed by atoms with Crippen molar-refractivity contribution in [3.8, 4) is 0 Å². The summed E-state index contributed by atoms with van der Waals surface area (Å²) in [6, 6.07) is 3.83. The van der Waals surface area contributed by atoms with Gasteiger partial charge in [0.05, 0.1) is 6.10 Å². The second-order valence-electron chi connectivity index (χ2n) is 5.18. The molecule has 0 aliphatic carbocycles. The normalized spacial score (nSPS) is 16.6. The fourth-order valence-corrected chi connectivity index (χ4v) is 2.60. The highest BCUT2D eigenvalue weighted by atomic mass is 16.5. The lowest BCUT2D eigenvalue weighted by molar-refractivity contribution is 0.00817. The first-order chi connectivity index (χ1) is 9.76. The van der Waals surface area contributed by atoms with E-state index >= 15 is 0 Å². The Balaban J connectivity index is 1.83.